The van der Waals surface area contributed by atoms with Crippen molar-refractivity contribution >= 4 is 17.2 Å². The lowest BCUT2D eigenvalue weighted by Gasteiger charge is -2.08. The van der Waals surface area contributed by atoms with Gasteiger partial charge in [-0.15, -0.1) is 11.3 Å². The van der Waals surface area contributed by atoms with Gasteiger partial charge in [0.25, 0.3) is 0 Å². The minimum atomic E-state index is -0.317. The Bertz CT molecular complexity index is 916. The maximum Gasteiger partial charge on any atom is 0.241 e. The van der Waals surface area contributed by atoms with Gasteiger partial charge in [0.05, 0.1) is 16.7 Å². The lowest BCUT2D eigenvalue weighted by atomic mass is 10.2. The van der Waals surface area contributed by atoms with Crippen LogP contribution in [-0.4, -0.2) is 32.2 Å². The fraction of sp³-hybridized carbons (Fsp3) is 0.400. The quantitative estimate of drug-likeness (QED) is 0.608. The second-order valence-electron chi connectivity index (χ2n) is 7.04. The summed E-state index contributed by atoms with van der Waals surface area (Å²) in [6, 6.07) is 9.35. The van der Waals surface area contributed by atoms with Crippen molar-refractivity contribution in [2.45, 2.75) is 45.7 Å². The van der Waals surface area contributed by atoms with E-state index in [9.17, 15) is 4.79 Å². The van der Waals surface area contributed by atoms with E-state index in [0.29, 0.717) is 30.5 Å². The first kappa shape index (κ1) is 20.2. The van der Waals surface area contributed by atoms with Gasteiger partial charge in [-0.1, -0.05) is 44.2 Å². The number of hydrogen-bond donors (Lipinski definition) is 2. The average molecular weight is 399 g/mol. The number of nitrogens with two attached hydrogens (primary N) is 1. The Balaban J connectivity index is 1.60. The molecule has 0 spiro atoms. The molecular formula is C20H26N6OS. The number of rotatable bonds is 8. The molecule has 0 radical (unpaired) electrons. The summed E-state index contributed by atoms with van der Waals surface area (Å²) >= 11 is 1.66. The summed E-state index contributed by atoms with van der Waals surface area (Å²) in [5.74, 6) is 1.47. The van der Waals surface area contributed by atoms with Crippen LogP contribution >= 0.6 is 11.3 Å². The average Bonchev–Trinajstić information content (AvgIpc) is 3.30. The van der Waals surface area contributed by atoms with Crippen LogP contribution in [-0.2, 0) is 17.8 Å². The molecule has 0 saturated carbocycles. The summed E-state index contributed by atoms with van der Waals surface area (Å²) in [4.78, 5) is 21.5. The van der Waals surface area contributed by atoms with Crippen LogP contribution in [0.3, 0.4) is 0 Å². The van der Waals surface area contributed by atoms with Gasteiger partial charge >= 0.3 is 0 Å². The molecule has 0 aliphatic heterocycles. The molecule has 2 aromatic heterocycles. The van der Waals surface area contributed by atoms with E-state index in [4.69, 9.17) is 5.73 Å². The summed E-state index contributed by atoms with van der Waals surface area (Å²) in [5, 5.41) is 10.6. The highest BCUT2D eigenvalue weighted by molar-refractivity contribution is 7.09. The largest absolute Gasteiger partial charge is 0.354 e. The number of thiazole rings is 1. The van der Waals surface area contributed by atoms with E-state index in [1.807, 2.05) is 37.3 Å². The Morgan fingerprint density at radius 2 is 1.96 bits per heavy atom. The highest BCUT2D eigenvalue weighted by Gasteiger charge is 2.17. The van der Waals surface area contributed by atoms with Gasteiger partial charge in [0, 0.05) is 29.8 Å². The molecule has 28 heavy (non-hydrogen) atoms. The van der Waals surface area contributed by atoms with Crippen LogP contribution in [0.2, 0.25) is 0 Å². The van der Waals surface area contributed by atoms with E-state index in [0.717, 1.165) is 16.3 Å². The molecule has 0 fully saturated rings. The van der Waals surface area contributed by atoms with Crippen molar-refractivity contribution in [3.8, 4) is 11.4 Å². The predicted octanol–water partition coefficient (Wildman–Crippen LogP) is 2.90. The first-order valence-electron chi connectivity index (χ1n) is 9.40. The maximum atomic E-state index is 12.4. The van der Waals surface area contributed by atoms with E-state index in [2.05, 4.69) is 39.6 Å². The summed E-state index contributed by atoms with van der Waals surface area (Å²) in [5.41, 5.74) is 7.93. The van der Waals surface area contributed by atoms with Crippen molar-refractivity contribution in [3.63, 3.8) is 0 Å². The van der Waals surface area contributed by atoms with E-state index < -0.39 is 0 Å². The Morgan fingerprint density at radius 3 is 2.61 bits per heavy atom. The van der Waals surface area contributed by atoms with Crippen molar-refractivity contribution < 1.29 is 4.79 Å². The van der Waals surface area contributed by atoms with Crippen molar-refractivity contribution in [3.05, 3.63) is 52.2 Å². The van der Waals surface area contributed by atoms with Gasteiger partial charge in [0.15, 0.2) is 5.82 Å². The van der Waals surface area contributed by atoms with E-state index in [-0.39, 0.29) is 18.5 Å². The third-order valence-electron chi connectivity index (χ3n) is 4.20. The molecule has 0 aliphatic carbocycles. The molecular weight excluding hydrogens is 372 g/mol. The molecule has 1 amide bonds. The predicted molar refractivity (Wildman–Crippen MR) is 111 cm³/mol. The number of nitrogens with one attached hydrogen (secondary N) is 1. The van der Waals surface area contributed by atoms with Crippen molar-refractivity contribution in [2.24, 2.45) is 5.73 Å². The normalized spacial score (nSPS) is 12.3. The molecule has 0 bridgehead atoms. The summed E-state index contributed by atoms with van der Waals surface area (Å²) < 4.78 is 1.59. The summed E-state index contributed by atoms with van der Waals surface area (Å²) in [7, 11) is 0. The highest BCUT2D eigenvalue weighted by atomic mass is 32.1. The minimum absolute atomic E-state index is 0.0883. The number of amides is 1. The molecule has 3 N–H and O–H groups in total. The van der Waals surface area contributed by atoms with Crippen LogP contribution in [0.25, 0.3) is 11.4 Å². The standard InChI is InChI=1S/C20H26N6OS/c1-13(2)20-23-16(12-28-20)9-10-22-17(27)11-26-19(14(3)21)24-18(25-26)15-7-5-4-6-8-15/h4-8,12-14H,9-11,21H2,1-3H3,(H,22,27)/t14-/m0/s1. The molecule has 7 nitrogen and oxygen atoms in total. The van der Waals surface area contributed by atoms with Gasteiger partial charge in [0.1, 0.15) is 12.4 Å². The summed E-state index contributed by atoms with van der Waals surface area (Å²) in [6.45, 7) is 6.71. The zero-order valence-corrected chi connectivity index (χ0v) is 17.2. The van der Waals surface area contributed by atoms with Crippen molar-refractivity contribution in [1.29, 1.82) is 0 Å². The third-order valence-corrected chi connectivity index (χ3v) is 5.39. The molecule has 0 saturated heterocycles. The first-order valence-corrected chi connectivity index (χ1v) is 10.3. The van der Waals surface area contributed by atoms with Crippen molar-refractivity contribution in [2.75, 3.05) is 6.54 Å². The monoisotopic (exact) mass is 398 g/mol. The molecule has 1 atom stereocenters. The van der Waals surface area contributed by atoms with Gasteiger partial charge in [0.2, 0.25) is 5.91 Å². The van der Waals surface area contributed by atoms with Crippen LogP contribution < -0.4 is 11.1 Å². The number of carbonyl (C=O) groups excluding carboxylic acids is 1. The van der Waals surface area contributed by atoms with E-state index >= 15 is 0 Å². The molecule has 1 aromatic carbocycles. The van der Waals surface area contributed by atoms with Crippen LogP contribution in [0.15, 0.2) is 35.7 Å². The number of aromatic nitrogens is 4. The van der Waals surface area contributed by atoms with E-state index in [1.165, 1.54) is 0 Å². The first-order chi connectivity index (χ1) is 13.4. The molecule has 3 rings (SSSR count). The van der Waals surface area contributed by atoms with Crippen LogP contribution in [0.4, 0.5) is 0 Å². The number of hydrogen-bond acceptors (Lipinski definition) is 6. The smallest absolute Gasteiger partial charge is 0.241 e. The van der Waals surface area contributed by atoms with Gasteiger partial charge in [-0.2, -0.15) is 5.10 Å². The van der Waals surface area contributed by atoms with Crippen LogP contribution in [0, 0.1) is 0 Å². The minimum Gasteiger partial charge on any atom is -0.354 e. The van der Waals surface area contributed by atoms with Gasteiger partial charge in [-0.05, 0) is 6.92 Å². The van der Waals surface area contributed by atoms with Gasteiger partial charge in [-0.25, -0.2) is 14.6 Å². The van der Waals surface area contributed by atoms with Crippen molar-refractivity contribution in [1.82, 2.24) is 25.1 Å². The zero-order valence-electron chi connectivity index (χ0n) is 16.4. The number of nitrogens with zero attached hydrogens (tertiary/aromatic N) is 4. The SMILES string of the molecule is CC(C)c1nc(CCNC(=O)Cn2nc(-c3ccccc3)nc2[C@H](C)N)cs1. The van der Waals surface area contributed by atoms with Crippen LogP contribution in [0.5, 0.6) is 0 Å². The number of benzene rings is 1. The van der Waals surface area contributed by atoms with Gasteiger partial charge in [-0.3, -0.25) is 4.79 Å². The molecule has 0 unspecified atom stereocenters. The molecule has 8 heteroatoms. The lowest BCUT2D eigenvalue weighted by Crippen LogP contribution is -2.31. The zero-order chi connectivity index (χ0) is 20.1. The Labute approximate surface area is 169 Å². The molecule has 148 valence electrons. The van der Waals surface area contributed by atoms with E-state index in [1.54, 1.807) is 16.0 Å². The lowest BCUT2D eigenvalue weighted by molar-refractivity contribution is -0.121. The summed E-state index contributed by atoms with van der Waals surface area (Å²) in [6.07, 6.45) is 0.710. The third kappa shape index (κ3) is 5.02. The fourth-order valence-corrected chi connectivity index (χ4v) is 3.61. The molecule has 2 heterocycles. The molecule has 3 aromatic rings. The van der Waals surface area contributed by atoms with Gasteiger partial charge < -0.3 is 11.1 Å². The second-order valence-corrected chi connectivity index (χ2v) is 7.93. The number of carbonyl (C=O) groups is 1. The Kier molecular flexibility index (Phi) is 6.53. The Morgan fingerprint density at radius 1 is 1.21 bits per heavy atom. The maximum absolute atomic E-state index is 12.4. The highest BCUT2D eigenvalue weighted by Crippen LogP contribution is 2.19. The molecule has 0 aliphatic rings. The Hall–Kier alpha value is -2.58. The fourth-order valence-electron chi connectivity index (χ4n) is 2.74. The topological polar surface area (TPSA) is 98.7 Å². The van der Waals surface area contributed by atoms with Crippen LogP contribution in [0.1, 0.15) is 49.3 Å². The second kappa shape index (κ2) is 9.07.